The summed E-state index contributed by atoms with van der Waals surface area (Å²) in [5.41, 5.74) is 1.89. The standard InChI is InChI=1S/C24H31N4O4P/c1-6-25-21(23(29)31-4)22(24(30)32-5)33(26(2)3)27(19-13-9-7-10-14-19)17-18-28(33)20-15-11-8-12-16-20/h7-16H,6,17-18H2,1-5H3. The van der Waals surface area contributed by atoms with Crippen molar-refractivity contribution in [2.24, 2.45) is 4.99 Å². The normalized spacial score (nSPS) is 15.5. The molecule has 2 aromatic carbocycles. The van der Waals surface area contributed by atoms with E-state index in [1.165, 1.54) is 14.2 Å². The largest absolute Gasteiger partial charge is 0.465 e. The highest BCUT2D eigenvalue weighted by Gasteiger charge is 2.49. The van der Waals surface area contributed by atoms with E-state index in [1.54, 1.807) is 0 Å². The van der Waals surface area contributed by atoms with Crippen LogP contribution in [-0.4, -0.2) is 75.6 Å². The number of aliphatic imine (C=N–C) groups is 1. The zero-order valence-corrected chi connectivity index (χ0v) is 20.7. The average molecular weight is 471 g/mol. The van der Waals surface area contributed by atoms with Crippen molar-refractivity contribution >= 4 is 41.7 Å². The molecule has 1 heterocycles. The van der Waals surface area contributed by atoms with Crippen LogP contribution in [0, 0.1) is 0 Å². The van der Waals surface area contributed by atoms with Crippen LogP contribution < -0.4 is 9.34 Å². The summed E-state index contributed by atoms with van der Waals surface area (Å²) in [4.78, 5) is 30.9. The van der Waals surface area contributed by atoms with Crippen LogP contribution in [0.5, 0.6) is 0 Å². The number of hydrogen-bond acceptors (Lipinski definition) is 8. The predicted octanol–water partition coefficient (Wildman–Crippen LogP) is 3.32. The topological polar surface area (TPSA) is 74.7 Å². The second-order valence-corrected chi connectivity index (χ2v) is 10.8. The number of methoxy groups -OCH3 is 2. The second-order valence-electron chi connectivity index (χ2n) is 7.49. The molecule has 2 aromatic rings. The number of anilines is 2. The summed E-state index contributed by atoms with van der Waals surface area (Å²) >= 11 is 0. The minimum absolute atomic E-state index is 0.00218. The number of rotatable bonds is 7. The monoisotopic (exact) mass is 470 g/mol. The second kappa shape index (κ2) is 10.7. The van der Waals surface area contributed by atoms with Gasteiger partial charge in [0.2, 0.25) is 0 Å². The van der Waals surface area contributed by atoms with Gasteiger partial charge in [0.1, 0.15) is 12.6 Å². The van der Waals surface area contributed by atoms with Gasteiger partial charge in [-0.3, -0.25) is 9.66 Å². The fourth-order valence-corrected chi connectivity index (χ4v) is 8.64. The van der Waals surface area contributed by atoms with Gasteiger partial charge < -0.3 is 18.8 Å². The lowest BCUT2D eigenvalue weighted by molar-refractivity contribution is -0.134. The van der Waals surface area contributed by atoms with Crippen LogP contribution in [0.3, 0.4) is 0 Å². The number of hydrogen-bond donors (Lipinski definition) is 0. The third-order valence-electron chi connectivity index (χ3n) is 5.46. The van der Waals surface area contributed by atoms with Crippen molar-refractivity contribution in [3.05, 3.63) is 60.7 Å². The summed E-state index contributed by atoms with van der Waals surface area (Å²) in [6.45, 7) is 3.42. The molecular formula is C24H31N4O4P. The summed E-state index contributed by atoms with van der Waals surface area (Å²) in [5.74, 6) is -1.26. The van der Waals surface area contributed by atoms with Gasteiger partial charge in [0.15, 0.2) is 5.71 Å². The molecule has 0 N–H and O–H groups in total. The van der Waals surface area contributed by atoms with Gasteiger partial charge in [-0.1, -0.05) is 36.4 Å². The molecule has 0 bridgehead atoms. The Morgan fingerprint density at radius 1 is 0.879 bits per heavy atom. The number of para-hydroxylation sites is 2. The Morgan fingerprint density at radius 3 is 1.70 bits per heavy atom. The number of benzene rings is 2. The molecule has 1 fully saturated rings. The molecule has 0 aromatic heterocycles. The Hall–Kier alpha value is -3.09. The number of esters is 2. The molecule has 0 unspecified atom stereocenters. The van der Waals surface area contributed by atoms with Crippen molar-refractivity contribution < 1.29 is 19.1 Å². The third kappa shape index (κ3) is 4.41. The SMILES string of the molecule is CCN=C(C(=O)OC)C(C(=O)OC)=P1(N(C)C)N(c2ccccc2)CCN1c1ccccc1. The number of ether oxygens (including phenoxy) is 2. The fraction of sp³-hybridized carbons (Fsp3) is 0.333. The zero-order chi connectivity index (χ0) is 24.0. The minimum Gasteiger partial charge on any atom is -0.465 e. The molecule has 1 aliphatic heterocycles. The van der Waals surface area contributed by atoms with Crippen molar-refractivity contribution in [1.29, 1.82) is 0 Å². The maximum absolute atomic E-state index is 13.5. The van der Waals surface area contributed by atoms with Crippen molar-refractivity contribution in [3.63, 3.8) is 0 Å². The molecule has 0 spiro atoms. The van der Waals surface area contributed by atoms with Gasteiger partial charge in [0.25, 0.3) is 0 Å². The van der Waals surface area contributed by atoms with E-state index in [9.17, 15) is 9.59 Å². The van der Waals surface area contributed by atoms with Crippen LogP contribution in [-0.2, 0) is 19.1 Å². The maximum Gasteiger partial charge on any atom is 0.357 e. The number of carbonyl (C=O) groups excluding carboxylic acids is 2. The molecule has 8 nitrogen and oxygen atoms in total. The highest BCUT2D eigenvalue weighted by Crippen LogP contribution is 2.64. The molecule has 0 atom stereocenters. The van der Waals surface area contributed by atoms with E-state index in [0.29, 0.717) is 19.6 Å². The number of carbonyl (C=O) groups is 2. The first-order chi connectivity index (χ1) is 15.9. The van der Waals surface area contributed by atoms with Crippen molar-refractivity contribution in [1.82, 2.24) is 4.67 Å². The first kappa shape index (κ1) is 24.6. The number of nitrogens with zero attached hydrogens (tertiary/aromatic N) is 4. The van der Waals surface area contributed by atoms with Crippen LogP contribution in [0.15, 0.2) is 65.7 Å². The van der Waals surface area contributed by atoms with Gasteiger partial charge >= 0.3 is 11.9 Å². The van der Waals surface area contributed by atoms with Crippen LogP contribution >= 0.6 is 7.34 Å². The van der Waals surface area contributed by atoms with E-state index in [0.717, 1.165) is 11.4 Å². The van der Waals surface area contributed by atoms with Gasteiger partial charge in [-0.05, 0) is 45.3 Å². The third-order valence-corrected chi connectivity index (χ3v) is 9.78. The van der Waals surface area contributed by atoms with E-state index in [1.807, 2.05) is 86.4 Å². The van der Waals surface area contributed by atoms with Crippen molar-refractivity contribution in [3.8, 4) is 0 Å². The summed E-state index contributed by atoms with van der Waals surface area (Å²) in [7, 11) is 3.56. The summed E-state index contributed by atoms with van der Waals surface area (Å²) in [5, 5.41) is 0.217. The molecule has 0 radical (unpaired) electrons. The lowest BCUT2D eigenvalue weighted by atomic mass is 10.2. The smallest absolute Gasteiger partial charge is 0.357 e. The van der Waals surface area contributed by atoms with E-state index >= 15 is 0 Å². The van der Waals surface area contributed by atoms with Gasteiger partial charge in [-0.2, -0.15) is 0 Å². The average Bonchev–Trinajstić information content (AvgIpc) is 3.25. The van der Waals surface area contributed by atoms with Gasteiger partial charge in [0.05, 0.1) is 14.2 Å². The molecule has 176 valence electrons. The minimum atomic E-state index is -2.91. The predicted molar refractivity (Wildman–Crippen MR) is 135 cm³/mol. The summed E-state index contributed by atoms with van der Waals surface area (Å²) < 4.78 is 16.8. The lowest BCUT2D eigenvalue weighted by Crippen LogP contribution is -2.42. The molecule has 33 heavy (non-hydrogen) atoms. The molecule has 0 aliphatic carbocycles. The van der Waals surface area contributed by atoms with Crippen molar-refractivity contribution in [2.75, 3.05) is 57.3 Å². The Labute approximate surface area is 195 Å². The summed E-state index contributed by atoms with van der Waals surface area (Å²) in [6, 6.07) is 19.8. The molecular weight excluding hydrogens is 439 g/mol. The summed E-state index contributed by atoms with van der Waals surface area (Å²) in [6.07, 6.45) is 0. The molecule has 0 saturated carbocycles. The van der Waals surface area contributed by atoms with Gasteiger partial charge in [-0.15, -0.1) is 0 Å². The van der Waals surface area contributed by atoms with Crippen LogP contribution in [0.1, 0.15) is 6.92 Å². The Balaban J connectivity index is 2.52. The quantitative estimate of drug-likeness (QED) is 0.349. The highest BCUT2D eigenvalue weighted by atomic mass is 31.2. The van der Waals surface area contributed by atoms with E-state index in [4.69, 9.17) is 9.47 Å². The fourth-order valence-electron chi connectivity index (χ4n) is 4.20. The molecule has 0 amide bonds. The first-order valence-electron chi connectivity index (χ1n) is 10.7. The highest BCUT2D eigenvalue weighted by molar-refractivity contribution is 7.81. The van der Waals surface area contributed by atoms with Crippen LogP contribution in [0.25, 0.3) is 0 Å². The van der Waals surface area contributed by atoms with E-state index in [-0.39, 0.29) is 11.0 Å². The van der Waals surface area contributed by atoms with Gasteiger partial charge in [0, 0.05) is 31.0 Å². The molecule has 3 rings (SSSR count). The molecule has 1 aliphatic rings. The van der Waals surface area contributed by atoms with Crippen LogP contribution in [0.2, 0.25) is 0 Å². The van der Waals surface area contributed by atoms with Crippen molar-refractivity contribution in [2.45, 2.75) is 6.92 Å². The molecule has 1 saturated heterocycles. The lowest BCUT2D eigenvalue weighted by Gasteiger charge is -2.45. The van der Waals surface area contributed by atoms with E-state index < -0.39 is 19.3 Å². The Kier molecular flexibility index (Phi) is 7.95. The van der Waals surface area contributed by atoms with Crippen LogP contribution in [0.4, 0.5) is 11.4 Å². The maximum atomic E-state index is 13.5. The van der Waals surface area contributed by atoms with Gasteiger partial charge in [-0.25, -0.2) is 9.59 Å². The Morgan fingerprint density at radius 2 is 1.33 bits per heavy atom. The zero-order valence-electron chi connectivity index (χ0n) is 19.8. The molecule has 9 heteroatoms. The Bertz CT molecular complexity index is 1020. The van der Waals surface area contributed by atoms with E-state index in [2.05, 4.69) is 14.3 Å². The first-order valence-corrected chi connectivity index (χ1v) is 12.4.